The number of likely N-dealkylation sites (N-methyl/N-ethyl adjacent to an activating group) is 1. The summed E-state index contributed by atoms with van der Waals surface area (Å²) in [4.78, 5) is 21.3. The fourth-order valence-corrected chi connectivity index (χ4v) is 3.53. The van der Waals surface area contributed by atoms with Gasteiger partial charge in [0.2, 0.25) is 5.91 Å². The lowest BCUT2D eigenvalue weighted by atomic mass is 10.3. The average Bonchev–Trinajstić information content (AvgIpc) is 3.10. The number of fused-ring (bicyclic) bond motifs is 1. The van der Waals surface area contributed by atoms with Crippen molar-refractivity contribution in [2.45, 2.75) is 32.7 Å². The predicted octanol–water partition coefficient (Wildman–Crippen LogP) is 1.14. The van der Waals surface area contributed by atoms with Crippen molar-refractivity contribution in [1.82, 2.24) is 24.6 Å². The first-order valence-electron chi connectivity index (χ1n) is 7.96. The van der Waals surface area contributed by atoms with Crippen molar-refractivity contribution in [3.8, 4) is 0 Å². The van der Waals surface area contributed by atoms with E-state index in [0.29, 0.717) is 6.54 Å². The summed E-state index contributed by atoms with van der Waals surface area (Å²) < 4.78 is 7.86. The number of aryl methyl sites for hydroxylation is 1. The highest BCUT2D eigenvalue weighted by Gasteiger charge is 2.24. The van der Waals surface area contributed by atoms with Crippen LogP contribution in [0.5, 0.6) is 0 Å². The molecule has 1 aliphatic heterocycles. The van der Waals surface area contributed by atoms with Crippen LogP contribution in [0.25, 0.3) is 0 Å². The summed E-state index contributed by atoms with van der Waals surface area (Å²) in [6, 6.07) is 2.04. The van der Waals surface area contributed by atoms with Crippen LogP contribution in [0.4, 0.5) is 0 Å². The van der Waals surface area contributed by atoms with Crippen molar-refractivity contribution < 1.29 is 9.53 Å². The summed E-state index contributed by atoms with van der Waals surface area (Å²) in [6.07, 6.45) is 1.75. The van der Waals surface area contributed by atoms with E-state index in [1.807, 2.05) is 29.4 Å². The minimum absolute atomic E-state index is 0.0233. The maximum Gasteiger partial charge on any atom is 0.248 e. The molecule has 0 saturated heterocycles. The second-order valence-corrected chi connectivity index (χ2v) is 7.20. The Hall–Kier alpha value is -1.77. The second kappa shape index (κ2) is 7.42. The molecule has 2 aromatic rings. The first kappa shape index (κ1) is 17.1. The molecule has 0 saturated carbocycles. The van der Waals surface area contributed by atoms with Crippen LogP contribution in [-0.2, 0) is 29.2 Å². The monoisotopic (exact) mass is 349 g/mol. The van der Waals surface area contributed by atoms with Gasteiger partial charge >= 0.3 is 0 Å². The smallest absolute Gasteiger partial charge is 0.248 e. The third-order valence-corrected chi connectivity index (χ3v) is 5.10. The maximum atomic E-state index is 11.8. The van der Waals surface area contributed by atoms with Gasteiger partial charge < -0.3 is 9.64 Å². The molecule has 0 aliphatic carbocycles. The molecular formula is C16H23N5O2S. The minimum atomic E-state index is -0.0664. The molecule has 24 heavy (non-hydrogen) atoms. The Labute approximate surface area is 145 Å². The van der Waals surface area contributed by atoms with Crippen LogP contribution in [0.1, 0.15) is 16.3 Å². The van der Waals surface area contributed by atoms with E-state index in [0.717, 1.165) is 25.3 Å². The topological polar surface area (TPSA) is 63.5 Å². The van der Waals surface area contributed by atoms with Crippen molar-refractivity contribution in [2.75, 3.05) is 27.2 Å². The van der Waals surface area contributed by atoms with E-state index in [1.165, 1.54) is 10.6 Å². The number of rotatable bonds is 5. The van der Waals surface area contributed by atoms with Crippen molar-refractivity contribution in [3.05, 3.63) is 34.0 Å². The van der Waals surface area contributed by atoms with Crippen LogP contribution < -0.4 is 0 Å². The van der Waals surface area contributed by atoms with Crippen LogP contribution in [0.15, 0.2) is 17.8 Å². The lowest BCUT2D eigenvalue weighted by Crippen LogP contribution is -2.36. The van der Waals surface area contributed by atoms with Gasteiger partial charge in [-0.25, -0.2) is 4.98 Å². The number of thiazole rings is 1. The highest BCUT2D eigenvalue weighted by molar-refractivity contribution is 7.09. The van der Waals surface area contributed by atoms with Gasteiger partial charge in [-0.15, -0.1) is 11.3 Å². The predicted molar refractivity (Wildman–Crippen MR) is 91.6 cm³/mol. The average molecular weight is 349 g/mol. The molecule has 130 valence electrons. The summed E-state index contributed by atoms with van der Waals surface area (Å²) in [6.45, 7) is 5.23. The molecule has 1 aliphatic rings. The van der Waals surface area contributed by atoms with E-state index >= 15 is 0 Å². The van der Waals surface area contributed by atoms with Crippen LogP contribution in [-0.4, -0.2) is 63.8 Å². The lowest BCUT2D eigenvalue weighted by molar-refractivity contribution is -0.136. The fourth-order valence-electron chi connectivity index (χ4n) is 2.72. The number of amides is 1. The summed E-state index contributed by atoms with van der Waals surface area (Å²) in [5.74, 6) is -0.0233. The van der Waals surface area contributed by atoms with Gasteiger partial charge in [-0.2, -0.15) is 5.10 Å². The standard InChI is InChI=1S/C16H23N5O2S/c1-12-15(24-11-17-12)9-20-6-13-4-5-18-21(13)8-14(7-20)23-10-16(22)19(2)3/h4-5,11,14H,6-10H2,1-3H3/t14-/m0/s1. The molecule has 0 N–H and O–H groups in total. The van der Waals surface area contributed by atoms with E-state index in [9.17, 15) is 4.79 Å². The largest absolute Gasteiger partial charge is 0.365 e. The molecule has 0 fully saturated rings. The van der Waals surface area contributed by atoms with Crippen LogP contribution in [0, 0.1) is 6.92 Å². The summed E-state index contributed by atoms with van der Waals surface area (Å²) >= 11 is 1.68. The molecule has 0 bridgehead atoms. The Kier molecular flexibility index (Phi) is 5.27. The Balaban J connectivity index is 1.70. The Morgan fingerprint density at radius 2 is 2.29 bits per heavy atom. The normalized spacial score (nSPS) is 18.2. The van der Waals surface area contributed by atoms with Crippen LogP contribution in [0.3, 0.4) is 0 Å². The lowest BCUT2D eigenvalue weighted by Gasteiger charge is -2.24. The first-order chi connectivity index (χ1) is 11.5. The molecule has 1 atom stereocenters. The number of ether oxygens (including phenoxy) is 1. The number of aromatic nitrogens is 3. The Morgan fingerprint density at radius 3 is 3.00 bits per heavy atom. The van der Waals surface area contributed by atoms with Gasteiger partial charge in [0.1, 0.15) is 6.61 Å². The molecule has 0 unspecified atom stereocenters. The van der Waals surface area contributed by atoms with Gasteiger partial charge in [0.25, 0.3) is 0 Å². The van der Waals surface area contributed by atoms with Crippen molar-refractivity contribution >= 4 is 17.2 Å². The molecule has 3 heterocycles. The van der Waals surface area contributed by atoms with E-state index < -0.39 is 0 Å². The summed E-state index contributed by atoms with van der Waals surface area (Å²) in [7, 11) is 3.48. The zero-order valence-electron chi connectivity index (χ0n) is 14.3. The van der Waals surface area contributed by atoms with Crippen LogP contribution in [0.2, 0.25) is 0 Å². The molecule has 1 amide bonds. The molecule has 8 heteroatoms. The van der Waals surface area contributed by atoms with Gasteiger partial charge in [-0.1, -0.05) is 0 Å². The molecule has 0 aromatic carbocycles. The van der Waals surface area contributed by atoms with Gasteiger partial charge in [0.15, 0.2) is 0 Å². The van der Waals surface area contributed by atoms with Crippen LogP contribution >= 0.6 is 11.3 Å². The molecule has 0 spiro atoms. The number of carbonyl (C=O) groups is 1. The molecule has 0 radical (unpaired) electrons. The Bertz CT molecular complexity index is 696. The highest BCUT2D eigenvalue weighted by atomic mass is 32.1. The molecule has 3 rings (SSSR count). The number of hydrogen-bond donors (Lipinski definition) is 0. The van der Waals surface area contributed by atoms with E-state index in [1.54, 1.807) is 30.3 Å². The SMILES string of the molecule is Cc1ncsc1CN1Cc2ccnn2C[C@@H](OCC(=O)N(C)C)C1. The van der Waals surface area contributed by atoms with Gasteiger partial charge in [-0.3, -0.25) is 14.4 Å². The van der Waals surface area contributed by atoms with Gasteiger partial charge in [0, 0.05) is 44.8 Å². The van der Waals surface area contributed by atoms with E-state index in [4.69, 9.17) is 4.74 Å². The first-order valence-corrected chi connectivity index (χ1v) is 8.84. The fraction of sp³-hybridized carbons (Fsp3) is 0.562. The van der Waals surface area contributed by atoms with Crippen molar-refractivity contribution in [1.29, 1.82) is 0 Å². The second-order valence-electron chi connectivity index (χ2n) is 6.26. The van der Waals surface area contributed by atoms with E-state index in [2.05, 4.69) is 15.0 Å². The van der Waals surface area contributed by atoms with Gasteiger partial charge in [-0.05, 0) is 13.0 Å². The quantitative estimate of drug-likeness (QED) is 0.810. The Morgan fingerprint density at radius 1 is 1.46 bits per heavy atom. The third-order valence-electron chi connectivity index (χ3n) is 4.18. The summed E-state index contributed by atoms with van der Waals surface area (Å²) in [5, 5.41) is 4.38. The zero-order valence-corrected chi connectivity index (χ0v) is 15.1. The molecule has 7 nitrogen and oxygen atoms in total. The number of carbonyl (C=O) groups excluding carboxylic acids is 1. The van der Waals surface area contributed by atoms with E-state index in [-0.39, 0.29) is 18.6 Å². The molecular weight excluding hydrogens is 326 g/mol. The zero-order chi connectivity index (χ0) is 17.1. The number of hydrogen-bond acceptors (Lipinski definition) is 6. The van der Waals surface area contributed by atoms with Crippen molar-refractivity contribution in [3.63, 3.8) is 0 Å². The third kappa shape index (κ3) is 4.00. The molecule has 2 aromatic heterocycles. The minimum Gasteiger partial charge on any atom is -0.365 e. The highest BCUT2D eigenvalue weighted by Crippen LogP contribution is 2.20. The number of nitrogens with zero attached hydrogens (tertiary/aromatic N) is 5. The van der Waals surface area contributed by atoms with Crippen molar-refractivity contribution in [2.24, 2.45) is 0 Å². The van der Waals surface area contributed by atoms with Gasteiger partial charge in [0.05, 0.1) is 29.5 Å². The maximum absolute atomic E-state index is 11.8. The summed E-state index contributed by atoms with van der Waals surface area (Å²) in [5.41, 5.74) is 4.14.